The highest BCUT2D eigenvalue weighted by molar-refractivity contribution is 5.93. The smallest absolute Gasteiger partial charge is 0.115 e. The number of aromatic nitrogens is 1. The van der Waals surface area contributed by atoms with Gasteiger partial charge < -0.3 is 10.4 Å². The van der Waals surface area contributed by atoms with E-state index in [2.05, 4.69) is 23.3 Å². The number of aromatic hydroxyl groups is 1. The Morgan fingerprint density at radius 1 is 1.10 bits per heavy atom. The molecule has 20 heavy (non-hydrogen) atoms. The summed E-state index contributed by atoms with van der Waals surface area (Å²) in [6.07, 6.45) is 3.66. The first-order valence-electron chi connectivity index (χ1n) is 6.62. The summed E-state index contributed by atoms with van der Waals surface area (Å²) in [6, 6.07) is 15.6. The quantitative estimate of drug-likeness (QED) is 0.748. The van der Waals surface area contributed by atoms with Crippen LogP contribution in [0.15, 0.2) is 60.9 Å². The predicted octanol–water partition coefficient (Wildman–Crippen LogP) is 4.11. The minimum Gasteiger partial charge on any atom is -0.508 e. The summed E-state index contributed by atoms with van der Waals surface area (Å²) in [5, 5.41) is 15.3. The maximum absolute atomic E-state index is 9.56. The van der Waals surface area contributed by atoms with Crippen LogP contribution in [0.2, 0.25) is 0 Å². The van der Waals surface area contributed by atoms with Gasteiger partial charge in [-0.25, -0.2) is 0 Å². The molecular formula is C17H16N2O. The molecule has 0 saturated carbocycles. The van der Waals surface area contributed by atoms with Gasteiger partial charge in [0.05, 0.1) is 0 Å². The van der Waals surface area contributed by atoms with Crippen LogP contribution in [0.5, 0.6) is 5.75 Å². The van der Waals surface area contributed by atoms with E-state index in [1.807, 2.05) is 36.5 Å². The van der Waals surface area contributed by atoms with E-state index in [9.17, 15) is 5.11 Å². The first kappa shape index (κ1) is 12.5. The molecule has 0 aliphatic carbocycles. The molecule has 3 rings (SSSR count). The van der Waals surface area contributed by atoms with Gasteiger partial charge in [0.25, 0.3) is 0 Å². The Morgan fingerprint density at radius 2 is 1.95 bits per heavy atom. The molecule has 3 aromatic rings. The molecule has 0 spiro atoms. The number of phenolic OH excluding ortho intramolecular Hbond substituents is 1. The van der Waals surface area contributed by atoms with Crippen molar-refractivity contribution in [2.75, 3.05) is 5.32 Å². The largest absolute Gasteiger partial charge is 0.508 e. The molecule has 0 fully saturated rings. The van der Waals surface area contributed by atoms with Crippen LogP contribution in [0.25, 0.3) is 10.8 Å². The molecule has 0 radical (unpaired) electrons. The minimum atomic E-state index is 0.112. The Balaban J connectivity index is 1.93. The lowest BCUT2D eigenvalue weighted by Crippen LogP contribution is -2.06. The van der Waals surface area contributed by atoms with Gasteiger partial charge in [-0.2, -0.15) is 0 Å². The van der Waals surface area contributed by atoms with E-state index >= 15 is 0 Å². The number of fused-ring (bicyclic) bond motifs is 1. The highest BCUT2D eigenvalue weighted by Gasteiger charge is 2.08. The monoisotopic (exact) mass is 264 g/mol. The van der Waals surface area contributed by atoms with Gasteiger partial charge in [-0.1, -0.05) is 24.3 Å². The SMILES string of the molecule is CC(Nc1cccc2cnccc12)c1cccc(O)c1. The highest BCUT2D eigenvalue weighted by Crippen LogP contribution is 2.27. The number of nitrogens with one attached hydrogen (secondary N) is 1. The molecule has 0 aliphatic rings. The van der Waals surface area contributed by atoms with Crippen molar-refractivity contribution in [2.45, 2.75) is 13.0 Å². The summed E-state index contributed by atoms with van der Waals surface area (Å²) in [5.41, 5.74) is 2.12. The van der Waals surface area contributed by atoms with Gasteiger partial charge in [0.15, 0.2) is 0 Å². The molecule has 2 aromatic carbocycles. The summed E-state index contributed by atoms with van der Waals surface area (Å²) in [7, 11) is 0. The number of rotatable bonds is 3. The maximum Gasteiger partial charge on any atom is 0.115 e. The van der Waals surface area contributed by atoms with Crippen LogP contribution >= 0.6 is 0 Å². The Morgan fingerprint density at radius 3 is 2.80 bits per heavy atom. The number of hydrogen-bond donors (Lipinski definition) is 2. The number of phenols is 1. The van der Waals surface area contributed by atoms with E-state index in [4.69, 9.17) is 0 Å². The second-order valence-electron chi connectivity index (χ2n) is 4.86. The molecule has 1 aromatic heterocycles. The van der Waals surface area contributed by atoms with Crippen LogP contribution in [0, 0.1) is 0 Å². The van der Waals surface area contributed by atoms with E-state index in [0.29, 0.717) is 5.75 Å². The van der Waals surface area contributed by atoms with Gasteiger partial charge in [0.1, 0.15) is 5.75 Å². The molecule has 3 nitrogen and oxygen atoms in total. The molecule has 0 aliphatic heterocycles. The Kier molecular flexibility index (Phi) is 3.25. The third kappa shape index (κ3) is 2.43. The van der Waals surface area contributed by atoms with Crippen LogP contribution in [0.4, 0.5) is 5.69 Å². The molecule has 1 unspecified atom stereocenters. The van der Waals surface area contributed by atoms with Gasteiger partial charge in [0.2, 0.25) is 0 Å². The zero-order valence-electron chi connectivity index (χ0n) is 11.2. The van der Waals surface area contributed by atoms with E-state index in [1.54, 1.807) is 18.3 Å². The van der Waals surface area contributed by atoms with Crippen molar-refractivity contribution in [3.8, 4) is 5.75 Å². The maximum atomic E-state index is 9.56. The minimum absolute atomic E-state index is 0.112. The van der Waals surface area contributed by atoms with Crippen LogP contribution in [0.3, 0.4) is 0 Å². The average molecular weight is 264 g/mol. The molecule has 0 amide bonds. The fraction of sp³-hybridized carbons (Fsp3) is 0.118. The van der Waals surface area contributed by atoms with E-state index in [1.165, 1.54) is 0 Å². The van der Waals surface area contributed by atoms with Crippen molar-refractivity contribution in [3.05, 3.63) is 66.5 Å². The van der Waals surface area contributed by atoms with Crippen molar-refractivity contribution in [2.24, 2.45) is 0 Å². The molecule has 3 heteroatoms. The van der Waals surface area contributed by atoms with Crippen LogP contribution in [-0.2, 0) is 0 Å². The van der Waals surface area contributed by atoms with Crippen LogP contribution < -0.4 is 5.32 Å². The number of hydrogen-bond acceptors (Lipinski definition) is 3. The fourth-order valence-electron chi connectivity index (χ4n) is 2.36. The molecule has 0 bridgehead atoms. The second kappa shape index (κ2) is 5.21. The first-order valence-corrected chi connectivity index (χ1v) is 6.62. The summed E-state index contributed by atoms with van der Waals surface area (Å²) in [6.45, 7) is 2.08. The van der Waals surface area contributed by atoms with Crippen molar-refractivity contribution in [3.63, 3.8) is 0 Å². The van der Waals surface area contributed by atoms with Gasteiger partial charge in [-0.15, -0.1) is 0 Å². The molecular weight excluding hydrogens is 248 g/mol. The van der Waals surface area contributed by atoms with Gasteiger partial charge in [0, 0.05) is 34.9 Å². The third-order valence-electron chi connectivity index (χ3n) is 3.42. The zero-order chi connectivity index (χ0) is 13.9. The Hall–Kier alpha value is -2.55. The summed E-state index contributed by atoms with van der Waals surface area (Å²) in [4.78, 5) is 4.14. The predicted molar refractivity (Wildman–Crippen MR) is 81.9 cm³/mol. The summed E-state index contributed by atoms with van der Waals surface area (Å²) < 4.78 is 0. The molecule has 0 saturated heterocycles. The van der Waals surface area contributed by atoms with Crippen molar-refractivity contribution in [1.29, 1.82) is 0 Å². The van der Waals surface area contributed by atoms with Crippen molar-refractivity contribution < 1.29 is 5.11 Å². The molecule has 2 N–H and O–H groups in total. The number of benzene rings is 2. The summed E-state index contributed by atoms with van der Waals surface area (Å²) in [5.74, 6) is 0.290. The third-order valence-corrected chi connectivity index (χ3v) is 3.42. The standard InChI is InChI=1S/C17H16N2O/c1-12(13-4-2-6-15(20)10-13)19-17-7-3-5-14-11-18-9-8-16(14)17/h2-12,19-20H,1H3. The first-order chi connectivity index (χ1) is 9.74. The van der Waals surface area contributed by atoms with Crippen molar-refractivity contribution in [1.82, 2.24) is 4.98 Å². The molecule has 1 atom stereocenters. The number of anilines is 1. The summed E-state index contributed by atoms with van der Waals surface area (Å²) >= 11 is 0. The molecule has 100 valence electrons. The molecule has 1 heterocycles. The fourth-order valence-corrected chi connectivity index (χ4v) is 2.36. The van der Waals surface area contributed by atoms with E-state index in [-0.39, 0.29) is 6.04 Å². The average Bonchev–Trinajstić information content (AvgIpc) is 2.47. The van der Waals surface area contributed by atoms with Crippen LogP contribution in [0.1, 0.15) is 18.5 Å². The Labute approximate surface area is 117 Å². The van der Waals surface area contributed by atoms with Gasteiger partial charge in [-0.05, 0) is 36.8 Å². The zero-order valence-corrected chi connectivity index (χ0v) is 11.2. The van der Waals surface area contributed by atoms with E-state index in [0.717, 1.165) is 22.0 Å². The number of nitrogens with zero attached hydrogens (tertiary/aromatic N) is 1. The highest BCUT2D eigenvalue weighted by atomic mass is 16.3. The lowest BCUT2D eigenvalue weighted by molar-refractivity contribution is 0.474. The van der Waals surface area contributed by atoms with E-state index < -0.39 is 0 Å². The Bertz CT molecular complexity index is 734. The lowest BCUT2D eigenvalue weighted by Gasteiger charge is -2.17. The van der Waals surface area contributed by atoms with Gasteiger partial charge in [-0.3, -0.25) is 4.98 Å². The van der Waals surface area contributed by atoms with Crippen LogP contribution in [-0.4, -0.2) is 10.1 Å². The van der Waals surface area contributed by atoms with Gasteiger partial charge >= 0.3 is 0 Å². The second-order valence-corrected chi connectivity index (χ2v) is 4.86. The topological polar surface area (TPSA) is 45.2 Å². The normalized spacial score (nSPS) is 12.2. The van der Waals surface area contributed by atoms with Crippen molar-refractivity contribution >= 4 is 16.5 Å². The lowest BCUT2D eigenvalue weighted by atomic mass is 10.1. The number of pyridine rings is 1.